The molecule has 0 aromatic heterocycles. The van der Waals surface area contributed by atoms with Gasteiger partial charge in [-0.2, -0.15) is 43.5 Å². The quantitative estimate of drug-likeness (QED) is 0.448. The topological polar surface area (TPSA) is 91.7 Å². The zero-order valence-corrected chi connectivity index (χ0v) is 9.59. The van der Waals surface area contributed by atoms with Crippen molar-refractivity contribution in [1.82, 2.24) is 0 Å². The molecule has 0 fully saturated rings. The Kier molecular flexibility index (Phi) is 4.36. The summed E-state index contributed by atoms with van der Waals surface area (Å²) in [4.78, 5) is 0. The van der Waals surface area contributed by atoms with E-state index in [4.69, 9.17) is 9.11 Å². The Balaban J connectivity index is 6.14. The lowest BCUT2D eigenvalue weighted by Crippen LogP contribution is -2.65. The highest BCUT2D eigenvalue weighted by Crippen LogP contribution is 2.54. The highest BCUT2D eigenvalue weighted by molar-refractivity contribution is 7.87. The lowest BCUT2D eigenvalue weighted by molar-refractivity contribution is -0.326. The maximum absolute atomic E-state index is 12.6. The molecule has 0 rings (SSSR count). The summed E-state index contributed by atoms with van der Waals surface area (Å²) in [5.41, 5.74) is 0. The fraction of sp³-hybridized carbons (Fsp3) is 1.00. The van der Waals surface area contributed by atoms with E-state index in [0.717, 1.165) is 0 Å². The third-order valence-electron chi connectivity index (χ3n) is 1.67. The van der Waals surface area contributed by atoms with E-state index in [1.165, 1.54) is 0 Å². The van der Waals surface area contributed by atoms with Crippen LogP contribution in [-0.4, -0.2) is 44.1 Å². The van der Waals surface area contributed by atoms with Gasteiger partial charge in [0.15, 0.2) is 0 Å². The fourth-order valence-corrected chi connectivity index (χ4v) is 1.44. The summed E-state index contributed by atoms with van der Waals surface area (Å²) in [7, 11) is -7.21. The van der Waals surface area contributed by atoms with Gasteiger partial charge in [0, 0.05) is 0 Å². The second-order valence-electron chi connectivity index (χ2n) is 2.91. The smallest absolute Gasteiger partial charge is 0.301 e. The van der Waals surface area contributed by atoms with E-state index in [0.29, 0.717) is 0 Å². The van der Waals surface area contributed by atoms with Crippen molar-refractivity contribution in [2.45, 2.75) is 22.4 Å². The first kappa shape index (κ1) is 18.5. The first-order valence-corrected chi connectivity index (χ1v) is 6.08. The van der Waals surface area contributed by atoms with Crippen LogP contribution in [0, 0.1) is 0 Å². The van der Waals surface area contributed by atoms with Gasteiger partial charge in [0.2, 0.25) is 11.1 Å². The van der Waals surface area contributed by atoms with Crippen LogP contribution >= 0.6 is 0 Å². The number of hydrogen-bond donors (Lipinski definition) is 2. The van der Waals surface area contributed by atoms with Crippen LogP contribution in [0.5, 0.6) is 0 Å². The molecule has 0 saturated carbocycles. The summed E-state index contributed by atoms with van der Waals surface area (Å²) in [5.74, 6) is -14.6. The molecule has 0 spiro atoms. The minimum Gasteiger partial charge on any atom is -0.301 e. The van der Waals surface area contributed by atoms with Crippen LogP contribution in [-0.2, 0) is 21.2 Å². The third-order valence-corrected chi connectivity index (χ3v) is 3.27. The van der Waals surface area contributed by atoms with Gasteiger partial charge in [-0.05, 0) is 0 Å². The molecule has 0 heterocycles. The first-order chi connectivity index (χ1) is 7.94. The van der Waals surface area contributed by atoms with Gasteiger partial charge in [0.25, 0.3) is 0 Å². The van der Waals surface area contributed by atoms with E-state index in [1.54, 1.807) is 0 Å². The molecule has 0 saturated heterocycles. The molecule has 0 amide bonds. The van der Waals surface area contributed by atoms with Gasteiger partial charge in [-0.25, -0.2) is 4.21 Å². The summed E-state index contributed by atoms with van der Waals surface area (Å²) in [5, 5.41) is -13.6. The van der Waals surface area contributed by atoms with Crippen molar-refractivity contribution in [3.63, 3.8) is 0 Å². The van der Waals surface area contributed by atoms with E-state index in [-0.39, 0.29) is 0 Å². The SMILES string of the molecule is O=S(O)C(F)(F)C(F)(F)C(F)(F)C(F)(F)S(=O)(=O)O. The van der Waals surface area contributed by atoms with Crippen LogP contribution in [0.3, 0.4) is 0 Å². The summed E-state index contributed by atoms with van der Waals surface area (Å²) in [6.45, 7) is 0. The predicted molar refractivity (Wildman–Crippen MR) is 42.1 cm³/mol. The van der Waals surface area contributed by atoms with Crippen LogP contribution < -0.4 is 0 Å². The molecule has 0 aliphatic rings. The standard InChI is InChI=1S/C4H2F8O5S2/c5-1(6,3(9,10)18(13)14)2(7,8)4(11,12)19(15,16)17/h(H,13,14)(H,15,16,17). The average molecular weight is 346 g/mol. The van der Waals surface area contributed by atoms with Crippen LogP contribution in [0.4, 0.5) is 35.1 Å². The van der Waals surface area contributed by atoms with Crippen LogP contribution in [0.1, 0.15) is 0 Å². The molecule has 0 aromatic carbocycles. The Labute approximate surface area is 101 Å². The van der Waals surface area contributed by atoms with E-state index < -0.39 is 43.6 Å². The van der Waals surface area contributed by atoms with Gasteiger partial charge in [0.05, 0.1) is 0 Å². The van der Waals surface area contributed by atoms with E-state index in [2.05, 4.69) is 0 Å². The Bertz CT molecular complexity index is 483. The van der Waals surface area contributed by atoms with Crippen molar-refractivity contribution in [3.05, 3.63) is 0 Å². The van der Waals surface area contributed by atoms with Crippen molar-refractivity contribution in [2.24, 2.45) is 0 Å². The van der Waals surface area contributed by atoms with Crippen molar-refractivity contribution in [3.8, 4) is 0 Å². The number of alkyl halides is 8. The molecule has 0 radical (unpaired) electrons. The molecule has 0 bridgehead atoms. The molecule has 1 atom stereocenters. The van der Waals surface area contributed by atoms with Gasteiger partial charge in [-0.15, -0.1) is 0 Å². The molecular weight excluding hydrogens is 344 g/mol. The Morgan fingerprint density at radius 1 is 0.842 bits per heavy atom. The van der Waals surface area contributed by atoms with Gasteiger partial charge < -0.3 is 4.55 Å². The maximum atomic E-state index is 12.6. The Morgan fingerprint density at radius 2 is 1.16 bits per heavy atom. The Morgan fingerprint density at radius 3 is 1.37 bits per heavy atom. The van der Waals surface area contributed by atoms with Crippen molar-refractivity contribution in [2.75, 3.05) is 0 Å². The highest BCUT2D eigenvalue weighted by Gasteiger charge is 2.86. The monoisotopic (exact) mass is 346 g/mol. The second kappa shape index (κ2) is 4.49. The van der Waals surface area contributed by atoms with E-state index in [9.17, 15) is 47.8 Å². The maximum Gasteiger partial charge on any atom is 0.438 e. The van der Waals surface area contributed by atoms with Gasteiger partial charge in [-0.3, -0.25) is 4.55 Å². The molecule has 0 aliphatic carbocycles. The molecule has 5 nitrogen and oxygen atoms in total. The van der Waals surface area contributed by atoms with Gasteiger partial charge >= 0.3 is 32.5 Å². The molecular formula is C4H2F8O5S2. The van der Waals surface area contributed by atoms with Crippen LogP contribution in [0.15, 0.2) is 0 Å². The van der Waals surface area contributed by atoms with Gasteiger partial charge in [-0.1, -0.05) is 0 Å². The van der Waals surface area contributed by atoms with E-state index >= 15 is 0 Å². The van der Waals surface area contributed by atoms with E-state index in [1.807, 2.05) is 0 Å². The van der Waals surface area contributed by atoms with Crippen molar-refractivity contribution in [1.29, 1.82) is 0 Å². The number of rotatable bonds is 5. The molecule has 0 aromatic rings. The van der Waals surface area contributed by atoms with Crippen LogP contribution in [0.2, 0.25) is 0 Å². The average Bonchev–Trinajstić information content (AvgIpc) is 2.14. The highest BCUT2D eigenvalue weighted by atomic mass is 32.2. The lowest BCUT2D eigenvalue weighted by Gasteiger charge is -2.33. The summed E-state index contributed by atoms with van der Waals surface area (Å²) in [6, 6.07) is 0. The van der Waals surface area contributed by atoms with Crippen molar-refractivity contribution >= 4 is 21.2 Å². The molecule has 2 N–H and O–H groups in total. The first-order valence-electron chi connectivity index (χ1n) is 3.54. The largest absolute Gasteiger partial charge is 0.438 e. The molecule has 116 valence electrons. The molecule has 19 heavy (non-hydrogen) atoms. The number of hydrogen-bond acceptors (Lipinski definition) is 3. The van der Waals surface area contributed by atoms with Crippen molar-refractivity contribution < 1.29 is 56.9 Å². The van der Waals surface area contributed by atoms with Crippen LogP contribution in [0.25, 0.3) is 0 Å². The zero-order chi connectivity index (χ0) is 16.1. The minimum absolute atomic E-state index is 5.03. The number of halogens is 8. The minimum atomic E-state index is -7.37. The molecule has 0 aliphatic heterocycles. The fourth-order valence-electron chi connectivity index (χ4n) is 0.637. The third kappa shape index (κ3) is 2.43. The lowest BCUT2D eigenvalue weighted by atomic mass is 10.2. The zero-order valence-electron chi connectivity index (χ0n) is 7.96. The predicted octanol–water partition coefficient (Wildman–Crippen LogP) is 1.55. The summed E-state index contributed by atoms with van der Waals surface area (Å²) in [6.07, 6.45) is 0. The molecule has 1 unspecified atom stereocenters. The second-order valence-corrected chi connectivity index (χ2v) is 5.38. The molecule has 15 heteroatoms. The van der Waals surface area contributed by atoms with Gasteiger partial charge in [0.1, 0.15) is 0 Å². The summed E-state index contributed by atoms with van der Waals surface area (Å²) >= 11 is -5.03. The summed E-state index contributed by atoms with van der Waals surface area (Å²) < 4.78 is 145. The Hall–Kier alpha value is -0.540. The normalized spacial score (nSPS) is 17.4.